The number of aryl methyl sites for hydroxylation is 1. The molecular formula is C14H18N4. The van der Waals surface area contributed by atoms with Crippen molar-refractivity contribution in [1.82, 2.24) is 20.1 Å². The quantitative estimate of drug-likeness (QED) is 0.895. The average molecular weight is 242 g/mol. The third-order valence-corrected chi connectivity index (χ3v) is 3.68. The van der Waals surface area contributed by atoms with E-state index >= 15 is 0 Å². The molecule has 0 fully saturated rings. The van der Waals surface area contributed by atoms with E-state index in [2.05, 4.69) is 27.5 Å². The smallest absolute Gasteiger partial charge is 0.0540 e. The number of pyridine rings is 1. The molecule has 0 aliphatic heterocycles. The van der Waals surface area contributed by atoms with Crippen LogP contribution >= 0.6 is 0 Å². The molecule has 94 valence electrons. The van der Waals surface area contributed by atoms with Crippen LogP contribution in [0.2, 0.25) is 0 Å². The zero-order valence-corrected chi connectivity index (χ0v) is 10.6. The second-order valence-corrected chi connectivity index (χ2v) is 4.85. The van der Waals surface area contributed by atoms with E-state index in [0.29, 0.717) is 6.04 Å². The highest BCUT2D eigenvalue weighted by Crippen LogP contribution is 2.29. The van der Waals surface area contributed by atoms with Crippen molar-refractivity contribution in [2.75, 3.05) is 0 Å². The van der Waals surface area contributed by atoms with Gasteiger partial charge in [-0.25, -0.2) is 0 Å². The molecule has 0 amide bonds. The van der Waals surface area contributed by atoms with Gasteiger partial charge in [0.2, 0.25) is 0 Å². The van der Waals surface area contributed by atoms with Crippen molar-refractivity contribution in [2.45, 2.75) is 31.8 Å². The van der Waals surface area contributed by atoms with Gasteiger partial charge in [-0.15, -0.1) is 0 Å². The molecule has 1 atom stereocenters. The Morgan fingerprint density at radius 1 is 1.39 bits per heavy atom. The summed E-state index contributed by atoms with van der Waals surface area (Å²) in [6, 6.07) is 4.55. The lowest BCUT2D eigenvalue weighted by atomic mass is 9.93. The first-order chi connectivity index (χ1) is 8.84. The summed E-state index contributed by atoms with van der Waals surface area (Å²) < 4.78 is 2.01. The molecule has 1 aliphatic rings. The number of aromatic nitrogens is 3. The minimum Gasteiger partial charge on any atom is -0.306 e. The maximum atomic E-state index is 4.37. The first kappa shape index (κ1) is 11.4. The van der Waals surface area contributed by atoms with Crippen molar-refractivity contribution < 1.29 is 0 Å². The zero-order chi connectivity index (χ0) is 12.4. The molecule has 0 spiro atoms. The fraction of sp³-hybridized carbons (Fsp3) is 0.429. The molecule has 2 aromatic heterocycles. The van der Waals surface area contributed by atoms with Crippen LogP contribution in [0.4, 0.5) is 0 Å². The molecule has 4 heteroatoms. The predicted octanol–water partition coefficient (Wildman–Crippen LogP) is 1.98. The van der Waals surface area contributed by atoms with Crippen LogP contribution in [0.25, 0.3) is 0 Å². The van der Waals surface area contributed by atoms with Gasteiger partial charge in [0, 0.05) is 43.3 Å². The van der Waals surface area contributed by atoms with Crippen molar-refractivity contribution in [3.05, 3.63) is 47.5 Å². The monoisotopic (exact) mass is 242 g/mol. The molecule has 2 aromatic rings. The number of hydrogen-bond donors (Lipinski definition) is 1. The van der Waals surface area contributed by atoms with E-state index < -0.39 is 0 Å². The minimum atomic E-state index is 0.440. The third kappa shape index (κ3) is 2.16. The molecule has 0 saturated carbocycles. The average Bonchev–Trinajstić information content (AvgIpc) is 2.80. The van der Waals surface area contributed by atoms with Crippen molar-refractivity contribution in [2.24, 2.45) is 7.05 Å². The second-order valence-electron chi connectivity index (χ2n) is 4.85. The third-order valence-electron chi connectivity index (χ3n) is 3.68. The molecule has 0 bridgehead atoms. The second kappa shape index (κ2) is 4.90. The number of rotatable bonds is 3. The van der Waals surface area contributed by atoms with Crippen LogP contribution in [0.5, 0.6) is 0 Å². The van der Waals surface area contributed by atoms with Gasteiger partial charge in [-0.2, -0.15) is 5.10 Å². The van der Waals surface area contributed by atoms with Crippen LogP contribution < -0.4 is 5.32 Å². The maximum Gasteiger partial charge on any atom is 0.0540 e. The van der Waals surface area contributed by atoms with Gasteiger partial charge in [-0.05, 0) is 37.0 Å². The van der Waals surface area contributed by atoms with Gasteiger partial charge in [0.05, 0.1) is 6.20 Å². The highest BCUT2D eigenvalue weighted by molar-refractivity contribution is 5.25. The van der Waals surface area contributed by atoms with Gasteiger partial charge in [-0.1, -0.05) is 0 Å². The topological polar surface area (TPSA) is 42.7 Å². The lowest BCUT2D eigenvalue weighted by Crippen LogP contribution is -2.24. The summed E-state index contributed by atoms with van der Waals surface area (Å²) in [5, 5.41) is 8.00. The van der Waals surface area contributed by atoms with Crippen molar-refractivity contribution in [3.8, 4) is 0 Å². The van der Waals surface area contributed by atoms with Crippen molar-refractivity contribution in [1.29, 1.82) is 0 Å². The van der Waals surface area contributed by atoms with Gasteiger partial charge in [0.15, 0.2) is 0 Å². The number of fused-ring (bicyclic) bond motifs is 1. The zero-order valence-electron chi connectivity index (χ0n) is 10.6. The summed E-state index contributed by atoms with van der Waals surface area (Å²) in [4.78, 5) is 4.04. The maximum absolute atomic E-state index is 4.37. The molecule has 0 radical (unpaired) electrons. The van der Waals surface area contributed by atoms with E-state index in [0.717, 1.165) is 13.0 Å². The van der Waals surface area contributed by atoms with Crippen LogP contribution in [0.15, 0.2) is 30.7 Å². The summed E-state index contributed by atoms with van der Waals surface area (Å²) in [6.45, 7) is 0.890. The van der Waals surface area contributed by atoms with Crippen LogP contribution in [0.1, 0.15) is 35.7 Å². The van der Waals surface area contributed by atoms with E-state index in [-0.39, 0.29) is 0 Å². The highest BCUT2D eigenvalue weighted by Gasteiger charge is 2.22. The van der Waals surface area contributed by atoms with E-state index in [1.54, 1.807) is 0 Å². The number of hydrogen-bond acceptors (Lipinski definition) is 3. The fourth-order valence-electron chi connectivity index (χ4n) is 2.66. The van der Waals surface area contributed by atoms with E-state index in [1.165, 1.54) is 29.7 Å². The van der Waals surface area contributed by atoms with Crippen molar-refractivity contribution >= 4 is 0 Å². The Morgan fingerprint density at radius 3 is 3.06 bits per heavy atom. The van der Waals surface area contributed by atoms with Crippen molar-refractivity contribution in [3.63, 3.8) is 0 Å². The molecule has 1 unspecified atom stereocenters. The van der Waals surface area contributed by atoms with Crippen LogP contribution in [0, 0.1) is 0 Å². The van der Waals surface area contributed by atoms with Gasteiger partial charge >= 0.3 is 0 Å². The van der Waals surface area contributed by atoms with Crippen LogP contribution in [0.3, 0.4) is 0 Å². The molecule has 0 aromatic carbocycles. The van der Waals surface area contributed by atoms with Gasteiger partial charge in [0.25, 0.3) is 0 Å². The first-order valence-electron chi connectivity index (χ1n) is 6.47. The SMILES string of the molecule is Cn1ncc2c1CCCC2NCc1ccncc1. The van der Waals surface area contributed by atoms with E-state index in [9.17, 15) is 0 Å². The molecule has 18 heavy (non-hydrogen) atoms. The standard InChI is InChI=1S/C14H18N4/c1-18-14-4-2-3-13(12(14)10-17-18)16-9-11-5-7-15-8-6-11/h5-8,10,13,16H,2-4,9H2,1H3. The molecule has 1 N–H and O–H groups in total. The first-order valence-corrected chi connectivity index (χ1v) is 6.47. The molecular weight excluding hydrogens is 224 g/mol. The lowest BCUT2D eigenvalue weighted by molar-refractivity contribution is 0.452. The molecule has 0 saturated heterocycles. The van der Waals surface area contributed by atoms with Crippen LogP contribution in [-0.4, -0.2) is 14.8 Å². The normalized spacial score (nSPS) is 18.6. The molecule has 3 rings (SSSR count). The van der Waals surface area contributed by atoms with Gasteiger partial charge in [0.1, 0.15) is 0 Å². The largest absolute Gasteiger partial charge is 0.306 e. The summed E-state index contributed by atoms with van der Waals surface area (Å²) in [7, 11) is 2.03. The van der Waals surface area contributed by atoms with Crippen LogP contribution in [-0.2, 0) is 20.0 Å². The lowest BCUT2D eigenvalue weighted by Gasteiger charge is -2.23. The number of nitrogens with zero attached hydrogens (tertiary/aromatic N) is 3. The summed E-state index contributed by atoms with van der Waals surface area (Å²) in [5.74, 6) is 0. The molecule has 1 aliphatic carbocycles. The summed E-state index contributed by atoms with van der Waals surface area (Å²) in [6.07, 6.45) is 9.28. The fourth-order valence-corrected chi connectivity index (χ4v) is 2.66. The Bertz CT molecular complexity index is 518. The Hall–Kier alpha value is -1.68. The Morgan fingerprint density at radius 2 is 2.22 bits per heavy atom. The predicted molar refractivity (Wildman–Crippen MR) is 70.0 cm³/mol. The van der Waals surface area contributed by atoms with E-state index in [1.807, 2.05) is 30.3 Å². The Labute approximate surface area is 107 Å². The van der Waals surface area contributed by atoms with Gasteiger partial charge in [-0.3, -0.25) is 9.67 Å². The highest BCUT2D eigenvalue weighted by atomic mass is 15.3. The molecule has 4 nitrogen and oxygen atoms in total. The number of nitrogens with one attached hydrogen (secondary N) is 1. The Balaban J connectivity index is 1.71. The summed E-state index contributed by atoms with van der Waals surface area (Å²) in [5.41, 5.74) is 4.03. The van der Waals surface area contributed by atoms with Gasteiger partial charge < -0.3 is 5.32 Å². The Kier molecular flexibility index (Phi) is 3.11. The summed E-state index contributed by atoms with van der Waals surface area (Å²) >= 11 is 0. The minimum absolute atomic E-state index is 0.440. The molecule has 2 heterocycles. The van der Waals surface area contributed by atoms with E-state index in [4.69, 9.17) is 0 Å².